The van der Waals surface area contributed by atoms with Crippen LogP contribution in [0.5, 0.6) is 0 Å². The summed E-state index contributed by atoms with van der Waals surface area (Å²) < 4.78 is 4.61. The first-order valence-corrected chi connectivity index (χ1v) is 4.52. The van der Waals surface area contributed by atoms with E-state index in [4.69, 9.17) is 11.6 Å². The molecule has 12 heavy (non-hydrogen) atoms. The lowest BCUT2D eigenvalue weighted by atomic mass is 10.0. The molecule has 0 unspecified atom stereocenters. The standard InChI is InChI=1S/C8H16ClNO2/c1-6(2)4-7(10-5-9)8(11)12-3/h6-7,10H,4-5H2,1-3H3/t7-/m0/s1. The minimum Gasteiger partial charge on any atom is -0.468 e. The molecule has 0 amide bonds. The molecule has 0 spiro atoms. The zero-order chi connectivity index (χ0) is 9.56. The van der Waals surface area contributed by atoms with Crippen LogP contribution >= 0.6 is 11.6 Å². The van der Waals surface area contributed by atoms with Crippen molar-refractivity contribution in [3.05, 3.63) is 0 Å². The van der Waals surface area contributed by atoms with Crippen molar-refractivity contribution in [2.75, 3.05) is 13.1 Å². The average molecular weight is 194 g/mol. The number of methoxy groups -OCH3 is 1. The summed E-state index contributed by atoms with van der Waals surface area (Å²) in [5.41, 5.74) is 0. The Morgan fingerprint density at radius 1 is 1.58 bits per heavy atom. The number of esters is 1. The maximum atomic E-state index is 11.1. The average Bonchev–Trinajstić information content (AvgIpc) is 2.01. The molecule has 72 valence electrons. The first kappa shape index (κ1) is 11.7. The van der Waals surface area contributed by atoms with Gasteiger partial charge >= 0.3 is 5.97 Å². The van der Waals surface area contributed by atoms with Gasteiger partial charge in [0.05, 0.1) is 13.1 Å². The number of rotatable bonds is 5. The molecule has 0 saturated heterocycles. The highest BCUT2D eigenvalue weighted by Crippen LogP contribution is 2.05. The molecule has 0 aliphatic carbocycles. The number of halogens is 1. The van der Waals surface area contributed by atoms with Crippen molar-refractivity contribution in [1.82, 2.24) is 5.32 Å². The third-order valence-electron chi connectivity index (χ3n) is 1.52. The summed E-state index contributed by atoms with van der Waals surface area (Å²) in [6.45, 7) is 4.09. The lowest BCUT2D eigenvalue weighted by Gasteiger charge is -2.16. The van der Waals surface area contributed by atoms with E-state index in [1.165, 1.54) is 7.11 Å². The van der Waals surface area contributed by atoms with Gasteiger partial charge in [-0.25, -0.2) is 0 Å². The first-order valence-electron chi connectivity index (χ1n) is 3.99. The topological polar surface area (TPSA) is 38.3 Å². The SMILES string of the molecule is COC(=O)[C@H](CC(C)C)NCCl. The third kappa shape index (κ3) is 4.57. The van der Waals surface area contributed by atoms with Crippen LogP contribution in [0.4, 0.5) is 0 Å². The van der Waals surface area contributed by atoms with Crippen molar-refractivity contribution in [3.8, 4) is 0 Å². The van der Waals surface area contributed by atoms with Gasteiger partial charge < -0.3 is 4.74 Å². The van der Waals surface area contributed by atoms with E-state index in [2.05, 4.69) is 10.1 Å². The zero-order valence-electron chi connectivity index (χ0n) is 7.76. The van der Waals surface area contributed by atoms with Crippen LogP contribution in [0.2, 0.25) is 0 Å². The number of ether oxygens (including phenoxy) is 1. The molecule has 0 aliphatic rings. The summed E-state index contributed by atoms with van der Waals surface area (Å²) in [5, 5.41) is 2.86. The Hall–Kier alpha value is -0.280. The maximum absolute atomic E-state index is 11.1. The van der Waals surface area contributed by atoms with E-state index >= 15 is 0 Å². The molecule has 0 heterocycles. The minimum absolute atomic E-state index is 0.246. The Bertz CT molecular complexity index is 139. The van der Waals surface area contributed by atoms with Crippen LogP contribution in [-0.4, -0.2) is 25.1 Å². The van der Waals surface area contributed by atoms with Gasteiger partial charge in [-0.05, 0) is 12.3 Å². The first-order chi connectivity index (χ1) is 5.61. The number of carbonyl (C=O) groups is 1. The van der Waals surface area contributed by atoms with Crippen LogP contribution < -0.4 is 5.32 Å². The summed E-state index contributed by atoms with van der Waals surface area (Å²) in [4.78, 5) is 11.1. The molecule has 0 aromatic heterocycles. The summed E-state index contributed by atoms with van der Waals surface area (Å²) in [6.07, 6.45) is 0.749. The van der Waals surface area contributed by atoms with Gasteiger partial charge in [0.15, 0.2) is 0 Å². The van der Waals surface area contributed by atoms with Crippen LogP contribution in [0.3, 0.4) is 0 Å². The predicted octanol–water partition coefficient (Wildman–Crippen LogP) is 1.36. The van der Waals surface area contributed by atoms with Gasteiger partial charge in [-0.2, -0.15) is 0 Å². The number of hydrogen-bond acceptors (Lipinski definition) is 3. The van der Waals surface area contributed by atoms with Crippen LogP contribution in [0.15, 0.2) is 0 Å². The molecular weight excluding hydrogens is 178 g/mol. The van der Waals surface area contributed by atoms with E-state index in [9.17, 15) is 4.79 Å². The Kier molecular flexibility index (Phi) is 6.11. The fraction of sp³-hybridized carbons (Fsp3) is 0.875. The van der Waals surface area contributed by atoms with Gasteiger partial charge in [0.1, 0.15) is 6.04 Å². The van der Waals surface area contributed by atoms with Gasteiger partial charge in [0.25, 0.3) is 0 Å². The second kappa shape index (κ2) is 6.26. The predicted molar refractivity (Wildman–Crippen MR) is 49.1 cm³/mol. The van der Waals surface area contributed by atoms with Crippen LogP contribution in [0, 0.1) is 5.92 Å². The van der Waals surface area contributed by atoms with Crippen molar-refractivity contribution < 1.29 is 9.53 Å². The second-order valence-electron chi connectivity index (χ2n) is 3.04. The monoisotopic (exact) mass is 193 g/mol. The van der Waals surface area contributed by atoms with Crippen molar-refractivity contribution in [2.24, 2.45) is 5.92 Å². The quantitative estimate of drug-likeness (QED) is 0.407. The molecule has 0 aromatic carbocycles. The Balaban J connectivity index is 3.94. The van der Waals surface area contributed by atoms with Crippen molar-refractivity contribution >= 4 is 17.6 Å². The molecule has 0 aromatic rings. The van der Waals surface area contributed by atoms with Crippen LogP contribution in [0.1, 0.15) is 20.3 Å². The number of hydrogen-bond donors (Lipinski definition) is 1. The van der Waals surface area contributed by atoms with Gasteiger partial charge in [-0.1, -0.05) is 13.8 Å². The lowest BCUT2D eigenvalue weighted by Crippen LogP contribution is -2.37. The van der Waals surface area contributed by atoms with Gasteiger partial charge in [0, 0.05) is 0 Å². The number of carbonyl (C=O) groups excluding carboxylic acids is 1. The smallest absolute Gasteiger partial charge is 0.322 e. The van der Waals surface area contributed by atoms with E-state index in [0.717, 1.165) is 6.42 Å². The van der Waals surface area contributed by atoms with E-state index < -0.39 is 0 Å². The third-order valence-corrected chi connectivity index (χ3v) is 1.67. The van der Waals surface area contributed by atoms with Gasteiger partial charge in [-0.3, -0.25) is 10.1 Å². The highest BCUT2D eigenvalue weighted by atomic mass is 35.5. The molecule has 1 atom stereocenters. The van der Waals surface area contributed by atoms with Gasteiger partial charge in [0.2, 0.25) is 0 Å². The number of nitrogens with one attached hydrogen (secondary N) is 1. The fourth-order valence-corrected chi connectivity index (χ4v) is 1.16. The Labute approximate surface area is 78.4 Å². The summed E-state index contributed by atoms with van der Waals surface area (Å²) in [7, 11) is 1.38. The highest BCUT2D eigenvalue weighted by Gasteiger charge is 2.18. The molecule has 1 N–H and O–H groups in total. The molecule has 4 heteroatoms. The molecule has 0 aliphatic heterocycles. The molecular formula is C8H16ClNO2. The lowest BCUT2D eigenvalue weighted by molar-refractivity contribution is -0.143. The molecule has 0 radical (unpaired) electrons. The van der Waals surface area contributed by atoms with E-state index in [-0.39, 0.29) is 18.0 Å². The van der Waals surface area contributed by atoms with Crippen molar-refractivity contribution in [3.63, 3.8) is 0 Å². The van der Waals surface area contributed by atoms with Crippen LogP contribution in [-0.2, 0) is 9.53 Å². The second-order valence-corrected chi connectivity index (χ2v) is 3.31. The fourth-order valence-electron chi connectivity index (χ4n) is 0.970. The highest BCUT2D eigenvalue weighted by molar-refractivity contribution is 6.17. The summed E-state index contributed by atoms with van der Waals surface area (Å²) in [6, 6.07) is -0.000509. The zero-order valence-corrected chi connectivity index (χ0v) is 8.52. The molecule has 0 fully saturated rings. The van der Waals surface area contributed by atoms with E-state index in [1.54, 1.807) is 0 Å². The van der Waals surface area contributed by atoms with E-state index in [0.29, 0.717) is 5.92 Å². The molecule has 0 rings (SSSR count). The molecule has 3 nitrogen and oxygen atoms in total. The molecule has 0 bridgehead atoms. The van der Waals surface area contributed by atoms with E-state index in [1.807, 2.05) is 13.8 Å². The normalized spacial score (nSPS) is 13.1. The van der Waals surface area contributed by atoms with Crippen molar-refractivity contribution in [1.29, 1.82) is 0 Å². The van der Waals surface area contributed by atoms with Crippen LogP contribution in [0.25, 0.3) is 0 Å². The Morgan fingerprint density at radius 2 is 2.17 bits per heavy atom. The Morgan fingerprint density at radius 3 is 2.50 bits per heavy atom. The van der Waals surface area contributed by atoms with Gasteiger partial charge in [-0.15, -0.1) is 11.6 Å². The largest absolute Gasteiger partial charge is 0.468 e. The maximum Gasteiger partial charge on any atom is 0.322 e. The summed E-state index contributed by atoms with van der Waals surface area (Å²) in [5.74, 6) is 0.203. The summed E-state index contributed by atoms with van der Waals surface area (Å²) >= 11 is 5.46. The number of alkyl halides is 1. The van der Waals surface area contributed by atoms with Crippen molar-refractivity contribution in [2.45, 2.75) is 26.3 Å². The molecule has 0 saturated carbocycles. The minimum atomic E-state index is -0.271.